The van der Waals surface area contributed by atoms with E-state index in [-0.39, 0.29) is 0 Å². The predicted octanol–water partition coefficient (Wildman–Crippen LogP) is 1.14. The van der Waals surface area contributed by atoms with Crippen LogP contribution < -0.4 is 5.32 Å². The zero-order valence-corrected chi connectivity index (χ0v) is 8.14. The quantitative estimate of drug-likeness (QED) is 0.746. The minimum atomic E-state index is 0.778. The molecule has 15 heavy (non-hydrogen) atoms. The fourth-order valence-corrected chi connectivity index (χ4v) is 1.70. The van der Waals surface area contributed by atoms with Gasteiger partial charge in [0.15, 0.2) is 5.82 Å². The number of rotatable bonds is 1. The second kappa shape index (κ2) is 3.40. The summed E-state index contributed by atoms with van der Waals surface area (Å²) >= 11 is 0. The fraction of sp³-hybridized carbons (Fsp3) is 0.182. The molecule has 0 radical (unpaired) electrons. The summed E-state index contributed by atoms with van der Waals surface area (Å²) in [5, 5.41) is 3.25. The standard InChI is InChI=1S/C11H10N4/c1-3-12-4-2-8(1)11-14-6-9-5-13-7-10(9)15-11/h1-4,6,13H,5,7H2. The zero-order valence-electron chi connectivity index (χ0n) is 8.14. The Hall–Kier alpha value is -1.81. The molecule has 3 heterocycles. The van der Waals surface area contributed by atoms with Gasteiger partial charge in [0.2, 0.25) is 0 Å². The molecule has 2 aromatic rings. The van der Waals surface area contributed by atoms with Crippen LogP contribution in [0, 0.1) is 0 Å². The van der Waals surface area contributed by atoms with Crippen molar-refractivity contribution in [1.29, 1.82) is 0 Å². The molecular formula is C11H10N4. The molecule has 4 nitrogen and oxygen atoms in total. The lowest BCUT2D eigenvalue weighted by atomic mass is 10.2. The summed E-state index contributed by atoms with van der Waals surface area (Å²) in [6.07, 6.45) is 5.41. The third kappa shape index (κ3) is 1.49. The Balaban J connectivity index is 2.07. The van der Waals surface area contributed by atoms with Crippen molar-refractivity contribution in [3.05, 3.63) is 42.0 Å². The number of hydrogen-bond donors (Lipinski definition) is 1. The molecule has 3 rings (SSSR count). The predicted molar refractivity (Wildman–Crippen MR) is 55.8 cm³/mol. The maximum absolute atomic E-state index is 4.52. The van der Waals surface area contributed by atoms with E-state index in [0.717, 1.165) is 30.2 Å². The van der Waals surface area contributed by atoms with Crippen LogP contribution in [0.25, 0.3) is 11.4 Å². The van der Waals surface area contributed by atoms with Gasteiger partial charge < -0.3 is 5.32 Å². The highest BCUT2D eigenvalue weighted by atomic mass is 15.0. The van der Waals surface area contributed by atoms with Crippen molar-refractivity contribution in [2.75, 3.05) is 0 Å². The minimum absolute atomic E-state index is 0.778. The van der Waals surface area contributed by atoms with Crippen LogP contribution in [0.1, 0.15) is 11.3 Å². The molecule has 0 aliphatic carbocycles. The molecule has 0 aromatic carbocycles. The molecule has 1 N–H and O–H groups in total. The maximum atomic E-state index is 4.52. The molecule has 0 fully saturated rings. The molecule has 1 aliphatic heterocycles. The first-order valence-corrected chi connectivity index (χ1v) is 4.89. The molecule has 1 aliphatic rings. The second-order valence-corrected chi connectivity index (χ2v) is 3.50. The van der Waals surface area contributed by atoms with Crippen LogP contribution in [0.4, 0.5) is 0 Å². The first kappa shape index (κ1) is 8.49. The smallest absolute Gasteiger partial charge is 0.159 e. The Morgan fingerprint density at radius 3 is 2.87 bits per heavy atom. The molecule has 0 amide bonds. The molecule has 74 valence electrons. The lowest BCUT2D eigenvalue weighted by molar-refractivity contribution is 0.758. The summed E-state index contributed by atoms with van der Waals surface area (Å²) in [7, 11) is 0. The molecule has 0 spiro atoms. The highest BCUT2D eigenvalue weighted by Crippen LogP contribution is 2.17. The molecule has 4 heteroatoms. The first-order valence-electron chi connectivity index (χ1n) is 4.89. The van der Waals surface area contributed by atoms with E-state index in [1.54, 1.807) is 12.4 Å². The van der Waals surface area contributed by atoms with Gasteiger partial charge in [-0.1, -0.05) is 0 Å². The van der Waals surface area contributed by atoms with Crippen molar-refractivity contribution in [3.8, 4) is 11.4 Å². The number of pyridine rings is 1. The monoisotopic (exact) mass is 198 g/mol. The van der Waals surface area contributed by atoms with Crippen LogP contribution in [-0.4, -0.2) is 15.0 Å². The number of nitrogens with zero attached hydrogens (tertiary/aromatic N) is 3. The van der Waals surface area contributed by atoms with Crippen molar-refractivity contribution in [2.45, 2.75) is 13.1 Å². The van der Waals surface area contributed by atoms with Crippen LogP contribution in [0.5, 0.6) is 0 Å². The fourth-order valence-electron chi connectivity index (χ4n) is 1.70. The van der Waals surface area contributed by atoms with E-state index >= 15 is 0 Å². The van der Waals surface area contributed by atoms with E-state index in [0.29, 0.717) is 0 Å². The van der Waals surface area contributed by atoms with E-state index < -0.39 is 0 Å². The molecule has 0 bridgehead atoms. The summed E-state index contributed by atoms with van der Waals surface area (Å²) in [6.45, 7) is 1.72. The van der Waals surface area contributed by atoms with Crippen molar-refractivity contribution in [1.82, 2.24) is 20.3 Å². The van der Waals surface area contributed by atoms with E-state index in [1.807, 2.05) is 18.3 Å². The molecule has 0 unspecified atom stereocenters. The van der Waals surface area contributed by atoms with E-state index in [9.17, 15) is 0 Å². The second-order valence-electron chi connectivity index (χ2n) is 3.50. The summed E-state index contributed by atoms with van der Waals surface area (Å²) in [5.41, 5.74) is 3.32. The van der Waals surface area contributed by atoms with Crippen molar-refractivity contribution in [3.63, 3.8) is 0 Å². The molecular weight excluding hydrogens is 188 g/mol. The number of fused-ring (bicyclic) bond motifs is 1. The zero-order chi connectivity index (χ0) is 10.1. The lowest BCUT2D eigenvalue weighted by Crippen LogP contribution is -2.00. The Labute approximate surface area is 87.4 Å². The van der Waals surface area contributed by atoms with Gasteiger partial charge in [0, 0.05) is 42.8 Å². The van der Waals surface area contributed by atoms with Gasteiger partial charge in [-0.2, -0.15) is 0 Å². The van der Waals surface area contributed by atoms with E-state index in [4.69, 9.17) is 0 Å². The molecule has 2 aromatic heterocycles. The third-order valence-electron chi connectivity index (χ3n) is 2.50. The summed E-state index contributed by atoms with van der Waals surface area (Å²) < 4.78 is 0. The first-order chi connectivity index (χ1) is 7.43. The van der Waals surface area contributed by atoms with Crippen molar-refractivity contribution >= 4 is 0 Å². The SMILES string of the molecule is c1cc(-c2ncc3c(n2)CNC3)ccn1. The van der Waals surface area contributed by atoms with Gasteiger partial charge in [-0.15, -0.1) is 0 Å². The van der Waals surface area contributed by atoms with Gasteiger partial charge >= 0.3 is 0 Å². The van der Waals surface area contributed by atoms with Gasteiger partial charge in [-0.05, 0) is 12.1 Å². The molecule has 0 saturated carbocycles. The number of nitrogens with one attached hydrogen (secondary N) is 1. The van der Waals surface area contributed by atoms with Gasteiger partial charge in [0.1, 0.15) is 0 Å². The minimum Gasteiger partial charge on any atom is -0.307 e. The Morgan fingerprint density at radius 1 is 1.13 bits per heavy atom. The molecule has 0 saturated heterocycles. The maximum Gasteiger partial charge on any atom is 0.159 e. The highest BCUT2D eigenvalue weighted by molar-refractivity contribution is 5.54. The Bertz CT molecular complexity index is 481. The van der Waals surface area contributed by atoms with Crippen LogP contribution >= 0.6 is 0 Å². The number of hydrogen-bond acceptors (Lipinski definition) is 4. The summed E-state index contributed by atoms with van der Waals surface area (Å²) in [5.74, 6) is 0.778. The average Bonchev–Trinajstić information content (AvgIpc) is 2.77. The number of aromatic nitrogens is 3. The normalized spacial score (nSPS) is 13.9. The van der Waals surface area contributed by atoms with Crippen LogP contribution in [0.15, 0.2) is 30.7 Å². The van der Waals surface area contributed by atoms with Crippen molar-refractivity contribution in [2.24, 2.45) is 0 Å². The van der Waals surface area contributed by atoms with Crippen LogP contribution in [0.2, 0.25) is 0 Å². The van der Waals surface area contributed by atoms with E-state index in [2.05, 4.69) is 20.3 Å². The average molecular weight is 198 g/mol. The third-order valence-corrected chi connectivity index (χ3v) is 2.50. The molecule has 0 atom stereocenters. The topological polar surface area (TPSA) is 50.7 Å². The van der Waals surface area contributed by atoms with Crippen LogP contribution in [0.3, 0.4) is 0 Å². The van der Waals surface area contributed by atoms with Crippen molar-refractivity contribution < 1.29 is 0 Å². The highest BCUT2D eigenvalue weighted by Gasteiger charge is 2.13. The summed E-state index contributed by atoms with van der Waals surface area (Å²) in [6, 6.07) is 3.84. The lowest BCUT2D eigenvalue weighted by Gasteiger charge is -2.01. The largest absolute Gasteiger partial charge is 0.307 e. The van der Waals surface area contributed by atoms with Gasteiger partial charge in [-0.25, -0.2) is 9.97 Å². The van der Waals surface area contributed by atoms with Crippen LogP contribution in [-0.2, 0) is 13.1 Å². The van der Waals surface area contributed by atoms with E-state index in [1.165, 1.54) is 5.56 Å². The van der Waals surface area contributed by atoms with Gasteiger partial charge in [0.25, 0.3) is 0 Å². The Morgan fingerprint density at radius 2 is 2.00 bits per heavy atom. The Kier molecular flexibility index (Phi) is 1.93. The van der Waals surface area contributed by atoms with Gasteiger partial charge in [-0.3, -0.25) is 4.98 Å². The van der Waals surface area contributed by atoms with Gasteiger partial charge in [0.05, 0.1) is 5.69 Å². The summed E-state index contributed by atoms with van der Waals surface area (Å²) in [4.78, 5) is 12.8.